The van der Waals surface area contributed by atoms with E-state index in [1.807, 2.05) is 43.1 Å². The lowest BCUT2D eigenvalue weighted by Gasteiger charge is -2.34. The van der Waals surface area contributed by atoms with E-state index in [4.69, 9.17) is 4.74 Å². The van der Waals surface area contributed by atoms with Gasteiger partial charge in [0.15, 0.2) is 0 Å². The van der Waals surface area contributed by atoms with Gasteiger partial charge in [0.25, 0.3) is 0 Å². The first kappa shape index (κ1) is 22.2. The van der Waals surface area contributed by atoms with Crippen molar-refractivity contribution in [2.75, 3.05) is 20.7 Å². The Morgan fingerprint density at radius 3 is 2.36 bits per heavy atom. The number of carbonyl (C=O) groups excluding carboxylic acids is 1. The van der Waals surface area contributed by atoms with Crippen LogP contribution in [0.2, 0.25) is 0 Å². The lowest BCUT2D eigenvalue weighted by molar-refractivity contribution is -0.150. The Morgan fingerprint density at radius 2 is 1.89 bits per heavy atom. The third-order valence-electron chi connectivity index (χ3n) is 5.98. The van der Waals surface area contributed by atoms with E-state index < -0.39 is 17.4 Å². The van der Waals surface area contributed by atoms with Gasteiger partial charge >= 0.3 is 5.97 Å². The Bertz CT molecular complexity index is 695. The Morgan fingerprint density at radius 1 is 1.29 bits per heavy atom. The van der Waals surface area contributed by atoms with Crippen molar-refractivity contribution in [2.45, 2.75) is 58.5 Å². The lowest BCUT2D eigenvalue weighted by atomic mass is 9.86. The Hall–Kier alpha value is -2.08. The van der Waals surface area contributed by atoms with Gasteiger partial charge in [0, 0.05) is 12.6 Å². The minimum Gasteiger partial charge on any atom is -0.497 e. The molecular weight excluding hydrogens is 356 g/mol. The molecule has 0 aliphatic carbocycles. The molecule has 1 aromatic rings. The normalized spacial score (nSPS) is 25.5. The maximum Gasteiger partial charge on any atom is 0.324 e. The number of amides is 1. The zero-order chi connectivity index (χ0) is 21.1. The second-order valence-corrected chi connectivity index (χ2v) is 8.93. The number of benzene rings is 1. The molecule has 1 aromatic carbocycles. The van der Waals surface area contributed by atoms with Crippen LogP contribution >= 0.6 is 0 Å². The molecule has 2 N–H and O–H groups in total. The number of carbonyl (C=O) groups is 2. The summed E-state index contributed by atoms with van der Waals surface area (Å²) in [5, 5.41) is 13.0. The number of nitrogens with one attached hydrogen (secondary N) is 1. The van der Waals surface area contributed by atoms with Gasteiger partial charge in [-0.3, -0.25) is 14.5 Å². The fraction of sp³-hybridized carbons (Fsp3) is 0.636. The monoisotopic (exact) mass is 390 g/mol. The Labute approximate surface area is 168 Å². The van der Waals surface area contributed by atoms with Crippen LogP contribution in [0, 0.1) is 11.3 Å². The molecule has 6 nitrogen and oxygen atoms in total. The topological polar surface area (TPSA) is 78.9 Å². The van der Waals surface area contributed by atoms with Crippen molar-refractivity contribution >= 4 is 11.9 Å². The number of likely N-dealkylation sites (N-methyl/N-ethyl adjacent to an activating group) is 1. The fourth-order valence-corrected chi connectivity index (χ4v) is 4.12. The van der Waals surface area contributed by atoms with Crippen molar-refractivity contribution in [2.24, 2.45) is 11.3 Å². The molecule has 6 heteroatoms. The second kappa shape index (κ2) is 8.52. The average Bonchev–Trinajstić information content (AvgIpc) is 2.94. The molecule has 1 heterocycles. The summed E-state index contributed by atoms with van der Waals surface area (Å²) in [4.78, 5) is 27.1. The maximum atomic E-state index is 13.1. The molecular formula is C22H34N2O4. The van der Waals surface area contributed by atoms with Gasteiger partial charge in [0.2, 0.25) is 5.91 Å². The number of likely N-dealkylation sites (tertiary alicyclic amines) is 1. The molecule has 1 amide bonds. The molecule has 1 aliphatic heterocycles. The molecule has 0 saturated carbocycles. The van der Waals surface area contributed by atoms with Gasteiger partial charge in [-0.15, -0.1) is 0 Å². The standard InChI is InChI=1S/C22H34N2O4/c1-7-22(20(26)27)14-17(19(25)23-13-12-21(2,3)4)18(24(22)5)15-8-10-16(28-6)11-9-15/h8-11,17-18H,7,12-14H2,1-6H3,(H,23,25)(H,26,27)/t17-,18-,22-/m0/s1. The van der Waals surface area contributed by atoms with E-state index in [0.717, 1.165) is 17.7 Å². The summed E-state index contributed by atoms with van der Waals surface area (Å²) in [6, 6.07) is 7.25. The number of hydrogen-bond acceptors (Lipinski definition) is 4. The van der Waals surface area contributed by atoms with Crippen molar-refractivity contribution in [3.8, 4) is 5.75 Å². The van der Waals surface area contributed by atoms with E-state index in [1.54, 1.807) is 7.11 Å². The smallest absolute Gasteiger partial charge is 0.324 e. The molecule has 0 aromatic heterocycles. The molecule has 28 heavy (non-hydrogen) atoms. The Kier molecular flexibility index (Phi) is 6.75. The highest BCUT2D eigenvalue weighted by Crippen LogP contribution is 2.47. The quantitative estimate of drug-likeness (QED) is 0.745. The summed E-state index contributed by atoms with van der Waals surface area (Å²) >= 11 is 0. The first-order chi connectivity index (χ1) is 13.1. The first-order valence-electron chi connectivity index (χ1n) is 9.93. The van der Waals surface area contributed by atoms with Crippen LogP contribution < -0.4 is 10.1 Å². The van der Waals surface area contributed by atoms with Crippen LogP contribution in [0.1, 0.15) is 58.6 Å². The van der Waals surface area contributed by atoms with Crippen LogP contribution in [0.15, 0.2) is 24.3 Å². The summed E-state index contributed by atoms with van der Waals surface area (Å²) < 4.78 is 5.23. The van der Waals surface area contributed by atoms with Crippen molar-refractivity contribution in [1.29, 1.82) is 0 Å². The van der Waals surface area contributed by atoms with Crippen LogP contribution in [-0.4, -0.2) is 48.1 Å². The van der Waals surface area contributed by atoms with Gasteiger partial charge in [-0.25, -0.2) is 0 Å². The summed E-state index contributed by atoms with van der Waals surface area (Å²) in [7, 11) is 3.42. The highest BCUT2D eigenvalue weighted by molar-refractivity contribution is 5.85. The number of carboxylic acids is 1. The number of ether oxygens (including phenoxy) is 1. The molecule has 0 unspecified atom stereocenters. The summed E-state index contributed by atoms with van der Waals surface area (Å²) in [6.07, 6.45) is 1.61. The van der Waals surface area contributed by atoms with Crippen LogP contribution in [0.25, 0.3) is 0 Å². The van der Waals surface area contributed by atoms with E-state index in [1.165, 1.54) is 0 Å². The average molecular weight is 391 g/mol. The van der Waals surface area contributed by atoms with Gasteiger partial charge in [-0.1, -0.05) is 39.8 Å². The molecule has 2 rings (SSSR count). The van der Waals surface area contributed by atoms with Crippen LogP contribution in [0.5, 0.6) is 5.75 Å². The molecule has 156 valence electrons. The number of nitrogens with zero attached hydrogens (tertiary/aromatic N) is 1. The third kappa shape index (κ3) is 4.49. The van der Waals surface area contributed by atoms with Crippen molar-refractivity contribution in [3.63, 3.8) is 0 Å². The Balaban J connectivity index is 2.32. The predicted molar refractivity (Wildman–Crippen MR) is 109 cm³/mol. The van der Waals surface area contributed by atoms with E-state index in [2.05, 4.69) is 26.1 Å². The molecule has 0 spiro atoms. The minimum atomic E-state index is -1.05. The van der Waals surface area contributed by atoms with E-state index in [-0.39, 0.29) is 17.4 Å². The van der Waals surface area contributed by atoms with Gasteiger partial charge in [-0.2, -0.15) is 0 Å². The second-order valence-electron chi connectivity index (χ2n) is 8.93. The zero-order valence-corrected chi connectivity index (χ0v) is 17.9. The first-order valence-corrected chi connectivity index (χ1v) is 9.93. The van der Waals surface area contributed by atoms with E-state index in [9.17, 15) is 14.7 Å². The minimum absolute atomic E-state index is 0.0755. The number of carboxylic acid groups (broad SMARTS) is 1. The van der Waals surface area contributed by atoms with Crippen LogP contribution in [0.4, 0.5) is 0 Å². The van der Waals surface area contributed by atoms with Gasteiger partial charge in [0.05, 0.1) is 13.0 Å². The predicted octanol–water partition coefficient (Wildman–Crippen LogP) is 3.47. The third-order valence-corrected chi connectivity index (χ3v) is 5.98. The van der Waals surface area contributed by atoms with E-state index in [0.29, 0.717) is 19.4 Å². The van der Waals surface area contributed by atoms with Gasteiger partial charge < -0.3 is 15.2 Å². The largest absolute Gasteiger partial charge is 0.497 e. The molecule has 1 aliphatic rings. The van der Waals surface area contributed by atoms with E-state index >= 15 is 0 Å². The number of rotatable bonds is 7. The van der Waals surface area contributed by atoms with Gasteiger partial charge in [0.1, 0.15) is 11.3 Å². The van der Waals surface area contributed by atoms with Gasteiger partial charge in [-0.05, 0) is 49.4 Å². The highest BCUT2D eigenvalue weighted by atomic mass is 16.5. The van der Waals surface area contributed by atoms with Crippen molar-refractivity contribution < 1.29 is 19.4 Å². The number of hydrogen-bond donors (Lipinski definition) is 2. The summed E-state index contributed by atoms with van der Waals surface area (Å²) in [5.74, 6) is -0.639. The highest BCUT2D eigenvalue weighted by Gasteiger charge is 2.56. The van der Waals surface area contributed by atoms with Crippen LogP contribution in [0.3, 0.4) is 0 Å². The molecule has 1 saturated heterocycles. The molecule has 0 bridgehead atoms. The maximum absolute atomic E-state index is 13.1. The summed E-state index contributed by atoms with van der Waals surface area (Å²) in [6.45, 7) is 8.86. The zero-order valence-electron chi connectivity index (χ0n) is 17.9. The molecule has 1 fully saturated rings. The SMILES string of the molecule is CC[C@@]1(C(=O)O)C[C@H](C(=O)NCCC(C)(C)C)[C@H](c2ccc(OC)cc2)N1C. The van der Waals surface area contributed by atoms with Crippen molar-refractivity contribution in [3.05, 3.63) is 29.8 Å². The number of methoxy groups -OCH3 is 1. The lowest BCUT2D eigenvalue weighted by Crippen LogP contribution is -2.48. The molecule has 3 atom stereocenters. The summed E-state index contributed by atoms with van der Waals surface area (Å²) in [5.41, 5.74) is 0.0100. The fourth-order valence-electron chi connectivity index (χ4n) is 4.12. The van der Waals surface area contributed by atoms with Crippen LogP contribution in [-0.2, 0) is 9.59 Å². The molecule has 0 radical (unpaired) electrons. The van der Waals surface area contributed by atoms with Crippen molar-refractivity contribution in [1.82, 2.24) is 10.2 Å². The number of aliphatic carboxylic acids is 1.